The Morgan fingerprint density at radius 2 is 0.750 bits per heavy atom. The standard InChI is InChI=1S/3C9H15N3/c10-4-7-1-8(5-11)3-9(2-7)6-12;10-4-7-1-2-8(5-11)9(3-7)6-12;10-4-7-2-1-3-8(5-11)9(7)6-12/h3*1-3H,4-6,10-12H2. The smallest absolute Gasteiger partial charge is 0.0184 e. The summed E-state index contributed by atoms with van der Waals surface area (Å²) < 4.78 is 0. The van der Waals surface area contributed by atoms with Crippen LogP contribution in [0.4, 0.5) is 0 Å². The number of hydrogen-bond donors (Lipinski definition) is 9. The monoisotopic (exact) mass is 495 g/mol. The molecule has 36 heavy (non-hydrogen) atoms. The molecule has 0 aliphatic heterocycles. The number of rotatable bonds is 9. The molecule has 9 heteroatoms. The lowest BCUT2D eigenvalue weighted by Crippen LogP contribution is -2.11. The summed E-state index contributed by atoms with van der Waals surface area (Å²) >= 11 is 0. The third-order valence-corrected chi connectivity index (χ3v) is 5.78. The minimum Gasteiger partial charge on any atom is -0.326 e. The zero-order chi connectivity index (χ0) is 26.9. The second-order valence-electron chi connectivity index (χ2n) is 8.15. The van der Waals surface area contributed by atoms with E-state index in [1.165, 1.54) is 0 Å². The van der Waals surface area contributed by atoms with E-state index in [0.29, 0.717) is 58.9 Å². The summed E-state index contributed by atoms with van der Waals surface area (Å²) in [5.41, 5.74) is 59.7. The average Bonchev–Trinajstić information content (AvgIpc) is 2.96. The van der Waals surface area contributed by atoms with Crippen LogP contribution in [-0.4, -0.2) is 0 Å². The molecule has 0 saturated carbocycles. The fraction of sp³-hybridized carbons (Fsp3) is 0.333. The molecule has 0 fully saturated rings. The van der Waals surface area contributed by atoms with Gasteiger partial charge in [0.25, 0.3) is 0 Å². The Morgan fingerprint density at radius 3 is 1.08 bits per heavy atom. The molecule has 3 aromatic carbocycles. The molecule has 198 valence electrons. The molecule has 0 bridgehead atoms. The Hall–Kier alpha value is -2.70. The van der Waals surface area contributed by atoms with Crippen molar-refractivity contribution >= 4 is 0 Å². The van der Waals surface area contributed by atoms with Gasteiger partial charge < -0.3 is 51.6 Å². The lowest BCUT2D eigenvalue weighted by atomic mass is 10.0. The SMILES string of the molecule is NCc1cc(CN)cc(CN)c1.NCc1ccc(CN)c(CN)c1.NCc1cccc(CN)c1CN. The van der Waals surface area contributed by atoms with Gasteiger partial charge >= 0.3 is 0 Å². The molecule has 0 amide bonds. The van der Waals surface area contributed by atoms with Crippen LogP contribution in [0.5, 0.6) is 0 Å². The van der Waals surface area contributed by atoms with Crippen LogP contribution in [0, 0.1) is 0 Å². The zero-order valence-corrected chi connectivity index (χ0v) is 21.3. The van der Waals surface area contributed by atoms with Crippen molar-refractivity contribution < 1.29 is 0 Å². The average molecular weight is 496 g/mol. The van der Waals surface area contributed by atoms with Gasteiger partial charge in [-0.1, -0.05) is 54.6 Å². The van der Waals surface area contributed by atoms with Gasteiger partial charge in [-0.3, -0.25) is 0 Å². The molecule has 3 rings (SSSR count). The van der Waals surface area contributed by atoms with Crippen LogP contribution in [0.2, 0.25) is 0 Å². The summed E-state index contributed by atoms with van der Waals surface area (Å²) in [5.74, 6) is 0. The van der Waals surface area contributed by atoms with Gasteiger partial charge in [0, 0.05) is 58.9 Å². The van der Waals surface area contributed by atoms with Crippen LogP contribution >= 0.6 is 0 Å². The molecule has 18 N–H and O–H groups in total. The van der Waals surface area contributed by atoms with E-state index in [1.54, 1.807) is 0 Å². The van der Waals surface area contributed by atoms with Gasteiger partial charge in [0.05, 0.1) is 0 Å². The molecular weight excluding hydrogens is 450 g/mol. The van der Waals surface area contributed by atoms with Crippen LogP contribution < -0.4 is 51.6 Å². The van der Waals surface area contributed by atoms with E-state index in [2.05, 4.69) is 0 Å². The second kappa shape index (κ2) is 17.7. The van der Waals surface area contributed by atoms with Gasteiger partial charge in [-0.15, -0.1) is 0 Å². The highest BCUT2D eigenvalue weighted by Gasteiger charge is 2.03. The van der Waals surface area contributed by atoms with Crippen molar-refractivity contribution in [1.29, 1.82) is 0 Å². The first-order chi connectivity index (χ1) is 17.4. The topological polar surface area (TPSA) is 234 Å². The van der Waals surface area contributed by atoms with Crippen LogP contribution in [-0.2, 0) is 58.9 Å². The highest BCUT2D eigenvalue weighted by Crippen LogP contribution is 2.13. The maximum atomic E-state index is 5.59. The quantitative estimate of drug-likeness (QED) is 0.197. The summed E-state index contributed by atoms with van der Waals surface area (Å²) in [4.78, 5) is 0. The molecule has 0 aliphatic rings. The van der Waals surface area contributed by atoms with Crippen molar-refractivity contribution in [3.8, 4) is 0 Å². The van der Waals surface area contributed by atoms with Crippen molar-refractivity contribution in [1.82, 2.24) is 0 Å². The lowest BCUT2D eigenvalue weighted by Gasteiger charge is -2.09. The summed E-state index contributed by atoms with van der Waals surface area (Å²) in [7, 11) is 0. The molecule has 3 aromatic rings. The molecule has 0 saturated heterocycles. The van der Waals surface area contributed by atoms with Gasteiger partial charge in [0.1, 0.15) is 0 Å². The van der Waals surface area contributed by atoms with E-state index in [4.69, 9.17) is 51.6 Å². The predicted molar refractivity (Wildman–Crippen MR) is 150 cm³/mol. The van der Waals surface area contributed by atoms with Crippen LogP contribution in [0.15, 0.2) is 54.6 Å². The second-order valence-corrected chi connectivity index (χ2v) is 8.15. The molecule has 0 aromatic heterocycles. The predicted octanol–water partition coefficient (Wildman–Crippen LogP) is 0.188. The summed E-state index contributed by atoms with van der Waals surface area (Å²) in [6, 6.07) is 18.0. The number of benzene rings is 3. The van der Waals surface area contributed by atoms with E-state index in [-0.39, 0.29) is 0 Å². The molecule has 0 heterocycles. The molecule has 0 spiro atoms. The maximum Gasteiger partial charge on any atom is 0.0184 e. The third-order valence-electron chi connectivity index (χ3n) is 5.78. The minimum atomic E-state index is 0.514. The first kappa shape index (κ1) is 31.3. The van der Waals surface area contributed by atoms with Gasteiger partial charge in [-0.2, -0.15) is 0 Å². The highest BCUT2D eigenvalue weighted by molar-refractivity contribution is 5.35. The Kier molecular flexibility index (Phi) is 15.4. The highest BCUT2D eigenvalue weighted by atomic mass is 14.6. The van der Waals surface area contributed by atoms with Crippen molar-refractivity contribution in [2.75, 3.05) is 0 Å². The summed E-state index contributed by atoms with van der Waals surface area (Å²) in [6.07, 6.45) is 0. The van der Waals surface area contributed by atoms with E-state index in [0.717, 1.165) is 50.1 Å². The molecule has 0 atom stereocenters. The zero-order valence-electron chi connectivity index (χ0n) is 21.3. The first-order valence-electron chi connectivity index (χ1n) is 12.1. The normalized spacial score (nSPS) is 10.2. The van der Waals surface area contributed by atoms with Crippen molar-refractivity contribution in [2.24, 2.45) is 51.6 Å². The van der Waals surface area contributed by atoms with Crippen molar-refractivity contribution in [2.45, 2.75) is 58.9 Å². The molecule has 0 aliphatic carbocycles. The Labute approximate surface area is 215 Å². The van der Waals surface area contributed by atoms with Gasteiger partial charge in [0.2, 0.25) is 0 Å². The van der Waals surface area contributed by atoms with Crippen LogP contribution in [0.3, 0.4) is 0 Å². The largest absolute Gasteiger partial charge is 0.326 e. The molecular formula is C27H45N9. The first-order valence-corrected chi connectivity index (χ1v) is 12.1. The minimum absolute atomic E-state index is 0.514. The Bertz CT molecular complexity index is 958. The van der Waals surface area contributed by atoms with Crippen LogP contribution in [0.25, 0.3) is 0 Å². The molecule has 0 unspecified atom stereocenters. The lowest BCUT2D eigenvalue weighted by molar-refractivity contribution is 0.929. The summed E-state index contributed by atoms with van der Waals surface area (Å²) in [5, 5.41) is 0. The van der Waals surface area contributed by atoms with Crippen molar-refractivity contribution in [3.63, 3.8) is 0 Å². The van der Waals surface area contributed by atoms with E-state index in [1.807, 2.05) is 54.6 Å². The summed E-state index contributed by atoms with van der Waals surface area (Å²) in [6.45, 7) is 4.82. The van der Waals surface area contributed by atoms with E-state index in [9.17, 15) is 0 Å². The van der Waals surface area contributed by atoms with Gasteiger partial charge in [-0.25, -0.2) is 0 Å². The van der Waals surface area contributed by atoms with E-state index >= 15 is 0 Å². The van der Waals surface area contributed by atoms with Crippen LogP contribution in [0.1, 0.15) is 50.1 Å². The van der Waals surface area contributed by atoms with Gasteiger partial charge in [0.15, 0.2) is 0 Å². The number of hydrogen-bond acceptors (Lipinski definition) is 9. The third kappa shape index (κ3) is 9.75. The maximum absolute atomic E-state index is 5.59. The van der Waals surface area contributed by atoms with Gasteiger partial charge in [-0.05, 0) is 50.1 Å². The fourth-order valence-electron chi connectivity index (χ4n) is 3.72. The number of nitrogens with two attached hydrogens (primary N) is 9. The fourth-order valence-corrected chi connectivity index (χ4v) is 3.72. The Balaban J connectivity index is 0.000000270. The Morgan fingerprint density at radius 1 is 0.333 bits per heavy atom. The molecule has 9 nitrogen and oxygen atoms in total. The van der Waals surface area contributed by atoms with E-state index < -0.39 is 0 Å². The molecule has 0 radical (unpaired) electrons. The van der Waals surface area contributed by atoms with Crippen molar-refractivity contribution in [3.05, 3.63) is 105 Å².